The van der Waals surface area contributed by atoms with Crippen LogP contribution >= 0.6 is 11.6 Å². The lowest BCUT2D eigenvalue weighted by molar-refractivity contribution is -0.134. The van der Waals surface area contributed by atoms with Gasteiger partial charge < -0.3 is 5.11 Å². The molecule has 0 fully saturated rings. The fourth-order valence-electron chi connectivity index (χ4n) is 1.57. The largest absolute Gasteiger partial charge is 0.480 e. The molecule has 0 saturated heterocycles. The summed E-state index contributed by atoms with van der Waals surface area (Å²) in [6, 6.07) is 6.67. The van der Waals surface area contributed by atoms with Crippen molar-refractivity contribution in [1.82, 2.24) is 4.72 Å². The van der Waals surface area contributed by atoms with E-state index in [1.807, 2.05) is 6.07 Å². The quantitative estimate of drug-likeness (QED) is 0.827. The van der Waals surface area contributed by atoms with Gasteiger partial charge in [0.1, 0.15) is 0 Å². The van der Waals surface area contributed by atoms with Crippen LogP contribution in [0.4, 0.5) is 0 Å². The van der Waals surface area contributed by atoms with Crippen LogP contribution in [0.15, 0.2) is 24.3 Å². The Morgan fingerprint density at radius 1 is 1.50 bits per heavy atom. The first-order valence-corrected chi connectivity index (χ1v) is 7.28. The average Bonchev–Trinajstić information content (AvgIpc) is 2.13. The SMILES string of the molecule is CC(Cc1cccc(Cl)c1)NS(=O)(=O)CC(=O)O. The second kappa shape index (κ2) is 6.17. The van der Waals surface area contributed by atoms with E-state index in [0.717, 1.165) is 5.56 Å². The molecule has 1 unspecified atom stereocenters. The van der Waals surface area contributed by atoms with Gasteiger partial charge in [0.05, 0.1) is 0 Å². The van der Waals surface area contributed by atoms with E-state index in [1.165, 1.54) is 0 Å². The van der Waals surface area contributed by atoms with Crippen molar-refractivity contribution in [3.05, 3.63) is 34.9 Å². The van der Waals surface area contributed by atoms with Gasteiger partial charge in [0, 0.05) is 11.1 Å². The van der Waals surface area contributed by atoms with Crippen LogP contribution in [0.5, 0.6) is 0 Å². The number of halogens is 1. The smallest absolute Gasteiger partial charge is 0.320 e. The lowest BCUT2D eigenvalue weighted by Gasteiger charge is -2.13. The Labute approximate surface area is 111 Å². The van der Waals surface area contributed by atoms with Crippen LogP contribution in [0.1, 0.15) is 12.5 Å². The highest BCUT2D eigenvalue weighted by atomic mass is 35.5. The number of aliphatic carboxylic acids is 1. The minimum Gasteiger partial charge on any atom is -0.480 e. The number of carbonyl (C=O) groups is 1. The summed E-state index contributed by atoms with van der Waals surface area (Å²) in [6.07, 6.45) is 0.444. The number of benzene rings is 1. The fourth-order valence-corrected chi connectivity index (χ4v) is 2.89. The van der Waals surface area contributed by atoms with E-state index in [9.17, 15) is 13.2 Å². The van der Waals surface area contributed by atoms with Gasteiger partial charge in [0.25, 0.3) is 0 Å². The summed E-state index contributed by atoms with van der Waals surface area (Å²) in [5, 5.41) is 9.03. The van der Waals surface area contributed by atoms with E-state index in [1.54, 1.807) is 25.1 Å². The molecular formula is C11H14ClNO4S. The van der Waals surface area contributed by atoms with Gasteiger partial charge in [0.2, 0.25) is 10.0 Å². The fraction of sp³-hybridized carbons (Fsp3) is 0.364. The molecule has 0 aromatic heterocycles. The molecule has 0 heterocycles. The van der Waals surface area contributed by atoms with Gasteiger partial charge in [-0.1, -0.05) is 23.7 Å². The second-order valence-electron chi connectivity index (χ2n) is 4.01. The molecule has 0 spiro atoms. The lowest BCUT2D eigenvalue weighted by atomic mass is 10.1. The average molecular weight is 292 g/mol. The lowest BCUT2D eigenvalue weighted by Crippen LogP contribution is -2.37. The third-order valence-electron chi connectivity index (χ3n) is 2.13. The second-order valence-corrected chi connectivity index (χ2v) is 6.20. The molecule has 1 aromatic carbocycles. The summed E-state index contributed by atoms with van der Waals surface area (Å²) in [5.41, 5.74) is 0.882. The molecule has 0 bridgehead atoms. The zero-order chi connectivity index (χ0) is 13.8. The molecular weight excluding hydrogens is 278 g/mol. The van der Waals surface area contributed by atoms with Crippen LogP contribution in [0.25, 0.3) is 0 Å². The Morgan fingerprint density at radius 2 is 2.17 bits per heavy atom. The summed E-state index contributed by atoms with van der Waals surface area (Å²) in [6.45, 7) is 1.67. The Hall–Kier alpha value is -1.11. The number of hydrogen-bond acceptors (Lipinski definition) is 3. The normalized spacial score (nSPS) is 13.2. The molecule has 100 valence electrons. The van der Waals surface area contributed by atoms with E-state index < -0.39 is 27.8 Å². The number of hydrogen-bond donors (Lipinski definition) is 2. The van der Waals surface area contributed by atoms with E-state index in [-0.39, 0.29) is 0 Å². The van der Waals surface area contributed by atoms with Crippen LogP contribution in [-0.4, -0.2) is 31.3 Å². The summed E-state index contributed by atoms with van der Waals surface area (Å²) in [4.78, 5) is 10.4. The van der Waals surface area contributed by atoms with Gasteiger partial charge in [-0.25, -0.2) is 13.1 Å². The minimum absolute atomic E-state index is 0.396. The van der Waals surface area contributed by atoms with Gasteiger partial charge in [-0.15, -0.1) is 0 Å². The highest BCUT2D eigenvalue weighted by Crippen LogP contribution is 2.12. The Kier molecular flexibility index (Phi) is 5.13. The third kappa shape index (κ3) is 5.48. The van der Waals surface area contributed by atoms with Crippen molar-refractivity contribution in [1.29, 1.82) is 0 Å². The summed E-state index contributed by atoms with van der Waals surface area (Å²) >= 11 is 5.81. The molecule has 0 amide bonds. The molecule has 1 rings (SSSR count). The van der Waals surface area contributed by atoms with Crippen molar-refractivity contribution in [3.8, 4) is 0 Å². The highest BCUT2D eigenvalue weighted by molar-refractivity contribution is 7.90. The molecule has 1 atom stereocenters. The third-order valence-corrected chi connectivity index (χ3v) is 3.75. The maximum atomic E-state index is 11.4. The van der Waals surface area contributed by atoms with Crippen LogP contribution in [-0.2, 0) is 21.2 Å². The van der Waals surface area contributed by atoms with E-state index in [4.69, 9.17) is 16.7 Å². The maximum absolute atomic E-state index is 11.4. The van der Waals surface area contributed by atoms with Gasteiger partial charge in [-0.3, -0.25) is 4.79 Å². The molecule has 0 aliphatic rings. The van der Waals surface area contributed by atoms with E-state index in [0.29, 0.717) is 11.4 Å². The monoisotopic (exact) mass is 291 g/mol. The van der Waals surface area contributed by atoms with Crippen molar-refractivity contribution in [2.24, 2.45) is 0 Å². The van der Waals surface area contributed by atoms with Crippen LogP contribution in [0.3, 0.4) is 0 Å². The van der Waals surface area contributed by atoms with Crippen LogP contribution in [0.2, 0.25) is 5.02 Å². The molecule has 18 heavy (non-hydrogen) atoms. The zero-order valence-electron chi connectivity index (χ0n) is 9.76. The Bertz CT molecular complexity index is 530. The predicted octanol–water partition coefficient (Wildman–Crippen LogP) is 1.27. The highest BCUT2D eigenvalue weighted by Gasteiger charge is 2.18. The van der Waals surface area contributed by atoms with Crippen LogP contribution < -0.4 is 4.72 Å². The van der Waals surface area contributed by atoms with Gasteiger partial charge in [-0.05, 0) is 31.0 Å². The zero-order valence-corrected chi connectivity index (χ0v) is 11.3. The Balaban J connectivity index is 2.62. The van der Waals surface area contributed by atoms with E-state index in [2.05, 4.69) is 4.72 Å². The number of nitrogens with one attached hydrogen (secondary N) is 1. The molecule has 5 nitrogen and oxygen atoms in total. The molecule has 0 saturated carbocycles. The standard InChI is InChI=1S/C11H14ClNO4S/c1-8(13-18(16,17)7-11(14)15)5-9-3-2-4-10(12)6-9/h2-4,6,8,13H,5,7H2,1H3,(H,14,15). The number of carboxylic acid groups (broad SMARTS) is 1. The number of sulfonamides is 1. The summed E-state index contributed by atoms with van der Waals surface area (Å²) in [7, 11) is -3.79. The molecule has 1 aromatic rings. The topological polar surface area (TPSA) is 83.5 Å². The molecule has 7 heteroatoms. The van der Waals surface area contributed by atoms with Crippen molar-refractivity contribution in [2.45, 2.75) is 19.4 Å². The summed E-state index contributed by atoms with van der Waals surface area (Å²) < 4.78 is 25.1. The minimum atomic E-state index is -3.79. The van der Waals surface area contributed by atoms with Crippen molar-refractivity contribution in [3.63, 3.8) is 0 Å². The first kappa shape index (κ1) is 14.9. The molecule has 2 N–H and O–H groups in total. The van der Waals surface area contributed by atoms with Gasteiger partial charge in [0.15, 0.2) is 5.75 Å². The molecule has 0 radical (unpaired) electrons. The summed E-state index contributed by atoms with van der Waals surface area (Å²) in [5.74, 6) is -2.30. The Morgan fingerprint density at radius 3 is 2.72 bits per heavy atom. The first-order valence-electron chi connectivity index (χ1n) is 5.25. The molecule has 0 aliphatic heterocycles. The number of rotatable bonds is 6. The van der Waals surface area contributed by atoms with Gasteiger partial charge in [-0.2, -0.15) is 0 Å². The van der Waals surface area contributed by atoms with Crippen molar-refractivity contribution in [2.75, 3.05) is 5.75 Å². The van der Waals surface area contributed by atoms with E-state index >= 15 is 0 Å². The maximum Gasteiger partial charge on any atom is 0.320 e. The van der Waals surface area contributed by atoms with Crippen molar-refractivity contribution >= 4 is 27.6 Å². The van der Waals surface area contributed by atoms with Crippen LogP contribution in [0, 0.1) is 0 Å². The molecule has 0 aliphatic carbocycles. The first-order chi connectivity index (χ1) is 8.28. The van der Waals surface area contributed by atoms with Gasteiger partial charge >= 0.3 is 5.97 Å². The van der Waals surface area contributed by atoms with Crippen molar-refractivity contribution < 1.29 is 18.3 Å². The predicted molar refractivity (Wildman–Crippen MR) is 69.2 cm³/mol. The number of carboxylic acids is 1.